The fraction of sp³-hybridized carbons (Fsp3) is 0.429. The number of rotatable bonds is 3. The van der Waals surface area contributed by atoms with Gasteiger partial charge in [0.2, 0.25) is 0 Å². The van der Waals surface area contributed by atoms with Crippen LogP contribution < -0.4 is 4.74 Å². The van der Waals surface area contributed by atoms with Crippen LogP contribution in [-0.4, -0.2) is 7.11 Å². The summed E-state index contributed by atoms with van der Waals surface area (Å²) < 4.78 is 5.37. The van der Waals surface area contributed by atoms with E-state index in [2.05, 4.69) is 18.2 Å². The summed E-state index contributed by atoms with van der Waals surface area (Å²) in [4.78, 5) is 0. The number of nitrogens with zero attached hydrogens (tertiary/aromatic N) is 1. The van der Waals surface area contributed by atoms with E-state index >= 15 is 0 Å². The molecule has 0 heterocycles. The van der Waals surface area contributed by atoms with Crippen LogP contribution in [0.4, 0.5) is 0 Å². The average molecular weight is 212 g/mol. The topological polar surface area (TPSA) is 33.0 Å². The van der Waals surface area contributed by atoms with Crippen molar-refractivity contribution in [1.29, 1.82) is 5.26 Å². The van der Waals surface area contributed by atoms with Gasteiger partial charge in [0.15, 0.2) is 0 Å². The van der Waals surface area contributed by atoms with Crippen LogP contribution in [0.3, 0.4) is 0 Å². The van der Waals surface area contributed by atoms with E-state index in [1.54, 1.807) is 7.11 Å². The van der Waals surface area contributed by atoms with Crippen LogP contribution in [0.15, 0.2) is 18.2 Å². The third kappa shape index (κ3) is 1.39. The standard InChI is InChI=1S/C14H14NO/c1-16-13-5-4-11(10-2-3-10)8-12(13)14(9-15)6-7-14/h4-5,8H,2-3,6-7H2,1H3. The molecular formula is C14H14NO. The summed E-state index contributed by atoms with van der Waals surface area (Å²) in [7, 11) is 1.68. The van der Waals surface area contributed by atoms with Gasteiger partial charge in [-0.15, -0.1) is 0 Å². The first kappa shape index (κ1) is 9.72. The molecule has 2 nitrogen and oxygen atoms in total. The molecule has 0 unspecified atom stereocenters. The minimum absolute atomic E-state index is 0.253. The molecule has 2 fully saturated rings. The van der Waals surface area contributed by atoms with Gasteiger partial charge in [0.25, 0.3) is 0 Å². The maximum atomic E-state index is 9.26. The lowest BCUT2D eigenvalue weighted by atomic mass is 9.93. The number of benzene rings is 1. The molecule has 0 amide bonds. The van der Waals surface area contributed by atoms with E-state index in [0.29, 0.717) is 0 Å². The second kappa shape index (κ2) is 3.25. The van der Waals surface area contributed by atoms with Crippen molar-refractivity contribution in [3.05, 3.63) is 35.2 Å². The second-order valence-electron chi connectivity index (χ2n) is 4.71. The highest BCUT2D eigenvalue weighted by Gasteiger charge is 2.47. The van der Waals surface area contributed by atoms with Crippen molar-refractivity contribution in [3.8, 4) is 11.8 Å². The Morgan fingerprint density at radius 3 is 2.56 bits per heavy atom. The van der Waals surface area contributed by atoms with Crippen LogP contribution in [0.2, 0.25) is 0 Å². The molecule has 1 aromatic carbocycles. The summed E-state index contributed by atoms with van der Waals surface area (Å²) in [6, 6.07) is 8.72. The number of hydrogen-bond acceptors (Lipinski definition) is 2. The summed E-state index contributed by atoms with van der Waals surface area (Å²) in [5.41, 5.74) is 2.14. The minimum atomic E-state index is -0.253. The summed E-state index contributed by atoms with van der Waals surface area (Å²) in [6.07, 6.45) is 4.37. The van der Waals surface area contributed by atoms with E-state index < -0.39 is 0 Å². The molecule has 0 aliphatic heterocycles. The Balaban J connectivity index is 2.06. The van der Waals surface area contributed by atoms with Crippen LogP contribution in [0.25, 0.3) is 0 Å². The highest BCUT2D eigenvalue weighted by Crippen LogP contribution is 2.52. The molecule has 2 aliphatic carbocycles. The van der Waals surface area contributed by atoms with Gasteiger partial charge in [-0.2, -0.15) is 5.26 Å². The van der Waals surface area contributed by atoms with Gasteiger partial charge in [-0.25, -0.2) is 0 Å². The SMILES string of the molecule is COc1ccc([C]2CC2)cc1C1(C#N)CC1. The second-order valence-corrected chi connectivity index (χ2v) is 4.71. The largest absolute Gasteiger partial charge is 0.496 e. The zero-order chi connectivity index (χ0) is 11.2. The molecule has 16 heavy (non-hydrogen) atoms. The normalized spacial score (nSPS) is 21.2. The number of ether oxygens (including phenoxy) is 1. The minimum Gasteiger partial charge on any atom is -0.496 e. The van der Waals surface area contributed by atoms with Gasteiger partial charge in [0.1, 0.15) is 5.75 Å². The third-order valence-corrected chi connectivity index (χ3v) is 3.59. The van der Waals surface area contributed by atoms with Crippen molar-refractivity contribution in [3.63, 3.8) is 0 Å². The van der Waals surface area contributed by atoms with E-state index in [4.69, 9.17) is 4.74 Å². The van der Waals surface area contributed by atoms with Crippen molar-refractivity contribution in [2.45, 2.75) is 31.1 Å². The van der Waals surface area contributed by atoms with Gasteiger partial charge >= 0.3 is 0 Å². The molecule has 1 aromatic rings. The molecule has 0 spiro atoms. The van der Waals surface area contributed by atoms with Gasteiger partial charge < -0.3 is 4.74 Å². The first-order chi connectivity index (χ1) is 7.79. The first-order valence-corrected chi connectivity index (χ1v) is 5.74. The number of nitriles is 1. The van der Waals surface area contributed by atoms with Crippen LogP contribution >= 0.6 is 0 Å². The van der Waals surface area contributed by atoms with Crippen LogP contribution in [0.1, 0.15) is 36.8 Å². The lowest BCUT2D eigenvalue weighted by Gasteiger charge is -2.13. The first-order valence-electron chi connectivity index (χ1n) is 5.74. The summed E-state index contributed by atoms with van der Waals surface area (Å²) in [5.74, 6) is 2.38. The molecule has 2 heteroatoms. The Morgan fingerprint density at radius 2 is 2.06 bits per heavy atom. The van der Waals surface area contributed by atoms with Crippen LogP contribution in [0.5, 0.6) is 5.75 Å². The summed E-state index contributed by atoms with van der Waals surface area (Å²) in [5, 5.41) is 9.26. The molecule has 81 valence electrons. The maximum absolute atomic E-state index is 9.26. The third-order valence-electron chi connectivity index (χ3n) is 3.59. The average Bonchev–Trinajstić information content (AvgIpc) is 3.19. The van der Waals surface area contributed by atoms with E-state index in [-0.39, 0.29) is 5.41 Å². The van der Waals surface area contributed by atoms with E-state index in [1.807, 2.05) is 6.07 Å². The van der Waals surface area contributed by atoms with Gasteiger partial charge in [0.05, 0.1) is 18.6 Å². The Hall–Kier alpha value is -1.49. The number of methoxy groups -OCH3 is 1. The van der Waals surface area contributed by atoms with E-state index in [9.17, 15) is 5.26 Å². The molecule has 3 rings (SSSR count). The van der Waals surface area contributed by atoms with Crippen molar-refractivity contribution in [2.75, 3.05) is 7.11 Å². The molecule has 0 N–H and O–H groups in total. The van der Waals surface area contributed by atoms with Gasteiger partial charge in [-0.05, 0) is 43.4 Å². The molecule has 0 bridgehead atoms. The smallest absolute Gasteiger partial charge is 0.123 e. The molecule has 0 saturated heterocycles. The highest BCUT2D eigenvalue weighted by molar-refractivity contribution is 5.53. The van der Waals surface area contributed by atoms with E-state index in [0.717, 1.165) is 24.2 Å². The fourth-order valence-electron chi connectivity index (χ4n) is 2.22. The fourth-order valence-corrected chi connectivity index (χ4v) is 2.22. The lowest BCUT2D eigenvalue weighted by Crippen LogP contribution is -2.06. The van der Waals surface area contributed by atoms with Crippen LogP contribution in [-0.2, 0) is 5.41 Å². The molecule has 0 aromatic heterocycles. The Labute approximate surface area is 95.8 Å². The number of hydrogen-bond donors (Lipinski definition) is 0. The van der Waals surface area contributed by atoms with Gasteiger partial charge in [-0.1, -0.05) is 6.07 Å². The molecule has 2 saturated carbocycles. The van der Waals surface area contributed by atoms with Crippen molar-refractivity contribution in [2.24, 2.45) is 0 Å². The molecule has 2 aliphatic rings. The Morgan fingerprint density at radius 1 is 1.31 bits per heavy atom. The lowest BCUT2D eigenvalue weighted by molar-refractivity contribution is 0.407. The summed E-state index contributed by atoms with van der Waals surface area (Å²) >= 11 is 0. The Bertz CT molecular complexity index is 464. The predicted octanol–water partition coefficient (Wildman–Crippen LogP) is 2.97. The molecule has 1 radical (unpaired) electrons. The van der Waals surface area contributed by atoms with Gasteiger partial charge in [-0.3, -0.25) is 0 Å². The zero-order valence-electron chi connectivity index (χ0n) is 9.42. The summed E-state index contributed by atoms with van der Waals surface area (Å²) in [6.45, 7) is 0. The highest BCUT2D eigenvalue weighted by atomic mass is 16.5. The monoisotopic (exact) mass is 212 g/mol. The van der Waals surface area contributed by atoms with E-state index in [1.165, 1.54) is 24.3 Å². The quantitative estimate of drug-likeness (QED) is 0.771. The van der Waals surface area contributed by atoms with Gasteiger partial charge in [0, 0.05) is 11.5 Å². The molecular weight excluding hydrogens is 198 g/mol. The van der Waals surface area contributed by atoms with Crippen molar-refractivity contribution < 1.29 is 4.74 Å². The Kier molecular flexibility index (Phi) is 1.97. The predicted molar refractivity (Wildman–Crippen MR) is 61.1 cm³/mol. The zero-order valence-corrected chi connectivity index (χ0v) is 9.42. The molecule has 0 atom stereocenters. The van der Waals surface area contributed by atoms with Crippen molar-refractivity contribution in [1.82, 2.24) is 0 Å². The van der Waals surface area contributed by atoms with Crippen LogP contribution in [0, 0.1) is 17.2 Å². The van der Waals surface area contributed by atoms with Crippen molar-refractivity contribution >= 4 is 0 Å². The maximum Gasteiger partial charge on any atom is 0.123 e.